The minimum absolute atomic E-state index is 0.982. The maximum atomic E-state index is 5.43. The predicted molar refractivity (Wildman–Crippen MR) is 79.3 cm³/mol. The molecular formula is C17H22. The van der Waals surface area contributed by atoms with Crippen LogP contribution in [0, 0.1) is 19.3 Å². The summed E-state index contributed by atoms with van der Waals surface area (Å²) in [6.07, 6.45) is 5.43. The summed E-state index contributed by atoms with van der Waals surface area (Å²) in [6, 6.07) is 12.3. The number of hydrogen-bond acceptors (Lipinski definition) is 0. The fraction of sp³-hybridized carbons (Fsp3) is 0.294. The number of fused-ring (bicyclic) bond motifs is 1. The molecule has 0 aliphatic carbocycles. The van der Waals surface area contributed by atoms with Crippen molar-refractivity contribution in [1.29, 1.82) is 0 Å². The van der Waals surface area contributed by atoms with Crippen molar-refractivity contribution in [3.05, 3.63) is 47.5 Å². The quantitative estimate of drug-likeness (QED) is 0.543. The van der Waals surface area contributed by atoms with Crippen molar-refractivity contribution in [2.45, 2.75) is 34.6 Å². The molecule has 0 saturated heterocycles. The molecule has 0 fully saturated rings. The Balaban J connectivity index is 0.000000581. The normalized spacial score (nSPS) is 8.24. The van der Waals surface area contributed by atoms with Gasteiger partial charge in [-0.15, -0.1) is 6.42 Å². The summed E-state index contributed by atoms with van der Waals surface area (Å²) in [5.74, 6) is 2.71. The van der Waals surface area contributed by atoms with Crippen LogP contribution in [0.4, 0.5) is 0 Å². The van der Waals surface area contributed by atoms with Crippen molar-refractivity contribution < 1.29 is 0 Å². The SMILES string of the molecule is C#Cc1cccc2cccc(C)c12.CC.CC. The van der Waals surface area contributed by atoms with E-state index in [1.54, 1.807) is 0 Å². The smallest absolute Gasteiger partial charge is 0.0323 e. The van der Waals surface area contributed by atoms with Crippen molar-refractivity contribution in [2.24, 2.45) is 0 Å². The fourth-order valence-corrected chi connectivity index (χ4v) is 1.65. The molecule has 0 aromatic heterocycles. The van der Waals surface area contributed by atoms with E-state index in [0.717, 1.165) is 5.56 Å². The second-order valence-corrected chi connectivity index (χ2v) is 3.12. The van der Waals surface area contributed by atoms with Crippen LogP contribution in [-0.4, -0.2) is 0 Å². The van der Waals surface area contributed by atoms with Crippen molar-refractivity contribution in [3.63, 3.8) is 0 Å². The van der Waals surface area contributed by atoms with E-state index in [1.165, 1.54) is 16.3 Å². The van der Waals surface area contributed by atoms with Gasteiger partial charge in [0.2, 0.25) is 0 Å². The van der Waals surface area contributed by atoms with Crippen LogP contribution in [0.15, 0.2) is 36.4 Å². The predicted octanol–water partition coefficient (Wildman–Crippen LogP) is 5.18. The molecular weight excluding hydrogens is 204 g/mol. The van der Waals surface area contributed by atoms with Crippen LogP contribution < -0.4 is 0 Å². The average molecular weight is 226 g/mol. The van der Waals surface area contributed by atoms with Gasteiger partial charge in [-0.1, -0.05) is 63.9 Å². The lowest BCUT2D eigenvalue weighted by Crippen LogP contribution is -1.82. The molecule has 90 valence electrons. The molecule has 0 aliphatic rings. The topological polar surface area (TPSA) is 0 Å². The molecule has 0 radical (unpaired) electrons. The van der Waals surface area contributed by atoms with Gasteiger partial charge in [0, 0.05) is 10.9 Å². The van der Waals surface area contributed by atoms with Gasteiger partial charge >= 0.3 is 0 Å². The fourth-order valence-electron chi connectivity index (χ4n) is 1.65. The van der Waals surface area contributed by atoms with Crippen LogP contribution in [-0.2, 0) is 0 Å². The first-order valence-corrected chi connectivity index (χ1v) is 6.28. The molecule has 0 N–H and O–H groups in total. The summed E-state index contributed by atoms with van der Waals surface area (Å²) >= 11 is 0. The monoisotopic (exact) mass is 226 g/mol. The Morgan fingerprint density at radius 1 is 0.882 bits per heavy atom. The van der Waals surface area contributed by atoms with Crippen LogP contribution in [0.3, 0.4) is 0 Å². The average Bonchev–Trinajstić information content (AvgIpc) is 2.43. The van der Waals surface area contributed by atoms with Crippen LogP contribution in [0.25, 0.3) is 10.8 Å². The minimum atomic E-state index is 0.982. The Kier molecular flexibility index (Phi) is 7.55. The minimum Gasteiger partial charge on any atom is -0.115 e. The molecule has 0 spiro atoms. The number of hydrogen-bond donors (Lipinski definition) is 0. The standard InChI is InChI=1S/C13H10.2C2H6/c1-3-11-7-5-9-12-8-4-6-10(2)13(11)12;2*1-2/h1,4-9H,2H3;2*1-2H3. The maximum Gasteiger partial charge on any atom is 0.0323 e. The number of aryl methyl sites for hydroxylation is 1. The van der Waals surface area contributed by atoms with Gasteiger partial charge in [-0.3, -0.25) is 0 Å². The van der Waals surface area contributed by atoms with E-state index in [4.69, 9.17) is 6.42 Å². The van der Waals surface area contributed by atoms with Crippen molar-refractivity contribution >= 4 is 10.8 Å². The zero-order chi connectivity index (χ0) is 13.3. The molecule has 0 amide bonds. The highest BCUT2D eigenvalue weighted by Gasteiger charge is 1.99. The Morgan fingerprint density at radius 3 is 1.94 bits per heavy atom. The van der Waals surface area contributed by atoms with E-state index in [9.17, 15) is 0 Å². The van der Waals surface area contributed by atoms with E-state index in [2.05, 4.69) is 37.1 Å². The number of terminal acetylenes is 1. The van der Waals surface area contributed by atoms with Crippen LogP contribution >= 0.6 is 0 Å². The zero-order valence-corrected chi connectivity index (χ0v) is 11.5. The third kappa shape index (κ3) is 3.64. The highest BCUT2D eigenvalue weighted by Crippen LogP contribution is 2.21. The second-order valence-electron chi connectivity index (χ2n) is 3.12. The highest BCUT2D eigenvalue weighted by atomic mass is 14.0. The first kappa shape index (κ1) is 15.3. The summed E-state index contributed by atoms with van der Waals surface area (Å²) in [5.41, 5.74) is 2.22. The second kappa shape index (κ2) is 8.42. The van der Waals surface area contributed by atoms with Gasteiger partial charge in [-0.2, -0.15) is 0 Å². The third-order valence-electron chi connectivity index (χ3n) is 2.27. The molecule has 17 heavy (non-hydrogen) atoms. The van der Waals surface area contributed by atoms with Gasteiger partial charge < -0.3 is 0 Å². The molecule has 2 aromatic carbocycles. The molecule has 0 saturated carbocycles. The van der Waals surface area contributed by atoms with Gasteiger partial charge in [-0.05, 0) is 23.9 Å². The van der Waals surface area contributed by atoms with Gasteiger partial charge in [-0.25, -0.2) is 0 Å². The Bertz CT molecular complexity index is 482. The van der Waals surface area contributed by atoms with Crippen LogP contribution in [0.1, 0.15) is 38.8 Å². The lowest BCUT2D eigenvalue weighted by molar-refractivity contribution is 1.50. The van der Waals surface area contributed by atoms with E-state index < -0.39 is 0 Å². The first-order valence-electron chi connectivity index (χ1n) is 6.28. The van der Waals surface area contributed by atoms with Crippen LogP contribution in [0.2, 0.25) is 0 Å². The molecule has 2 aromatic rings. The lowest BCUT2D eigenvalue weighted by atomic mass is 10.0. The Hall–Kier alpha value is -1.74. The van der Waals surface area contributed by atoms with Crippen LogP contribution in [0.5, 0.6) is 0 Å². The molecule has 2 rings (SSSR count). The first-order chi connectivity index (χ1) is 8.33. The molecule has 0 aliphatic heterocycles. The van der Waals surface area contributed by atoms with Crippen molar-refractivity contribution in [3.8, 4) is 12.3 Å². The zero-order valence-electron chi connectivity index (χ0n) is 11.5. The molecule has 0 heteroatoms. The van der Waals surface area contributed by atoms with E-state index >= 15 is 0 Å². The van der Waals surface area contributed by atoms with E-state index in [-0.39, 0.29) is 0 Å². The van der Waals surface area contributed by atoms with Gasteiger partial charge in [0.25, 0.3) is 0 Å². The Morgan fingerprint density at radius 2 is 1.41 bits per heavy atom. The van der Waals surface area contributed by atoms with Crippen molar-refractivity contribution in [2.75, 3.05) is 0 Å². The largest absolute Gasteiger partial charge is 0.115 e. The molecule has 0 atom stereocenters. The highest BCUT2D eigenvalue weighted by molar-refractivity contribution is 5.90. The van der Waals surface area contributed by atoms with Gasteiger partial charge in [0.1, 0.15) is 0 Å². The van der Waals surface area contributed by atoms with Gasteiger partial charge in [0.15, 0.2) is 0 Å². The summed E-state index contributed by atoms with van der Waals surface area (Å²) in [4.78, 5) is 0. The lowest BCUT2D eigenvalue weighted by Gasteiger charge is -2.03. The molecule has 0 bridgehead atoms. The molecule has 0 nitrogen and oxygen atoms in total. The third-order valence-corrected chi connectivity index (χ3v) is 2.27. The van der Waals surface area contributed by atoms with Gasteiger partial charge in [0.05, 0.1) is 0 Å². The van der Waals surface area contributed by atoms with Crippen molar-refractivity contribution in [1.82, 2.24) is 0 Å². The maximum absolute atomic E-state index is 5.43. The summed E-state index contributed by atoms with van der Waals surface area (Å²) in [6.45, 7) is 10.1. The van der Waals surface area contributed by atoms with E-state index in [1.807, 2.05) is 39.8 Å². The Labute approximate surface area is 106 Å². The number of rotatable bonds is 0. The van der Waals surface area contributed by atoms with E-state index in [0.29, 0.717) is 0 Å². The number of benzene rings is 2. The summed E-state index contributed by atoms with van der Waals surface area (Å²) in [7, 11) is 0. The molecule has 0 heterocycles. The summed E-state index contributed by atoms with van der Waals surface area (Å²) < 4.78 is 0. The summed E-state index contributed by atoms with van der Waals surface area (Å²) in [5, 5.41) is 2.42. The molecule has 0 unspecified atom stereocenters.